The molecule has 2 atom stereocenters. The van der Waals surface area contributed by atoms with Crippen molar-refractivity contribution in [3.8, 4) is 28.7 Å². The van der Waals surface area contributed by atoms with Crippen molar-refractivity contribution >= 4 is 51.6 Å². The van der Waals surface area contributed by atoms with Crippen LogP contribution in [0.1, 0.15) is 23.7 Å². The Labute approximate surface area is 239 Å². The third-order valence-electron chi connectivity index (χ3n) is 5.97. The molecule has 2 aromatic heterocycles. The maximum absolute atomic E-state index is 13.0. The average Bonchev–Trinajstić information content (AvgIpc) is 2.93. The molecule has 11 heteroatoms. The van der Waals surface area contributed by atoms with Crippen molar-refractivity contribution in [3.05, 3.63) is 60.6 Å². The number of rotatable bonds is 12. The first kappa shape index (κ1) is 29.5. The van der Waals surface area contributed by atoms with Crippen molar-refractivity contribution in [1.29, 1.82) is 0 Å². The van der Waals surface area contributed by atoms with E-state index in [9.17, 15) is 4.79 Å². The van der Waals surface area contributed by atoms with Crippen LogP contribution in [0.5, 0.6) is 28.7 Å². The number of nitrogens with zero attached hydrogens (tertiary/aromatic N) is 3. The van der Waals surface area contributed by atoms with Gasteiger partial charge in [0.15, 0.2) is 11.5 Å². The number of hydrogen-bond acceptors (Lipinski definition) is 8. The molecular formula is C29H34N4O5P2. The molecule has 210 valence electrons. The molecule has 0 saturated heterocycles. The Morgan fingerprint density at radius 2 is 1.75 bits per heavy atom. The number of nitrogens with one attached hydrogen (secondary N) is 1. The van der Waals surface area contributed by atoms with Crippen LogP contribution in [0.2, 0.25) is 0 Å². The van der Waals surface area contributed by atoms with Gasteiger partial charge in [0.05, 0.1) is 31.4 Å². The summed E-state index contributed by atoms with van der Waals surface area (Å²) in [7, 11) is 11.0. The molecule has 0 aliphatic heterocycles. The lowest BCUT2D eigenvalue weighted by molar-refractivity contribution is 0.102. The number of amides is 1. The molecule has 4 rings (SSSR count). The normalized spacial score (nSPS) is 11.0. The summed E-state index contributed by atoms with van der Waals surface area (Å²) < 4.78 is 23.5. The molecule has 9 nitrogen and oxygen atoms in total. The molecule has 0 aliphatic rings. The Hall–Kier alpha value is -3.51. The number of carbonyl (C=O) groups is 1. The van der Waals surface area contributed by atoms with E-state index >= 15 is 0 Å². The van der Waals surface area contributed by atoms with Crippen molar-refractivity contribution in [2.24, 2.45) is 0 Å². The zero-order valence-corrected chi connectivity index (χ0v) is 25.4. The molecule has 1 N–H and O–H groups in total. The predicted molar refractivity (Wildman–Crippen MR) is 166 cm³/mol. The second-order valence-corrected chi connectivity index (χ2v) is 10.4. The van der Waals surface area contributed by atoms with Gasteiger partial charge < -0.3 is 29.2 Å². The van der Waals surface area contributed by atoms with Crippen molar-refractivity contribution in [1.82, 2.24) is 14.9 Å². The van der Waals surface area contributed by atoms with Crippen LogP contribution in [0.15, 0.2) is 55.0 Å². The highest BCUT2D eigenvalue weighted by Crippen LogP contribution is 2.37. The minimum Gasteiger partial charge on any atom is -0.493 e. The number of benzene rings is 2. The highest BCUT2D eigenvalue weighted by Gasteiger charge is 2.17. The zero-order valence-electron chi connectivity index (χ0n) is 23.1. The van der Waals surface area contributed by atoms with Gasteiger partial charge in [-0.3, -0.25) is 14.8 Å². The zero-order chi connectivity index (χ0) is 28.6. The fourth-order valence-corrected chi connectivity index (χ4v) is 4.62. The van der Waals surface area contributed by atoms with Crippen LogP contribution in [-0.4, -0.2) is 61.7 Å². The standard InChI is InChI=1S/C29H34N4O5P2/c1-5-36-22-7-9-30-17-19(22)29(34)32-21-15-28(40)26(16-27(21)39)38-23-8-10-31-20-14-25(24(35-4)13-18(20)23)37-12-6-11-33(2)3/h7-10,13-17H,5-6,11-12,39-40H2,1-4H3,(H,32,34). The summed E-state index contributed by atoms with van der Waals surface area (Å²) in [6.07, 6.45) is 5.67. The second-order valence-electron chi connectivity index (χ2n) is 9.17. The number of fused-ring (bicyclic) bond motifs is 1. The number of ether oxygens (including phenoxy) is 4. The Kier molecular flexibility index (Phi) is 10.1. The van der Waals surface area contributed by atoms with E-state index in [1.54, 1.807) is 31.6 Å². The molecule has 2 aromatic carbocycles. The van der Waals surface area contributed by atoms with E-state index in [2.05, 4.69) is 38.7 Å². The minimum absolute atomic E-state index is 0.315. The molecule has 1 amide bonds. The Bertz CT molecular complexity index is 1500. The first-order chi connectivity index (χ1) is 19.3. The first-order valence-electron chi connectivity index (χ1n) is 12.8. The summed E-state index contributed by atoms with van der Waals surface area (Å²) in [5, 5.41) is 5.24. The number of anilines is 1. The Balaban J connectivity index is 1.56. The molecule has 2 unspecified atom stereocenters. The molecule has 4 aromatic rings. The lowest BCUT2D eigenvalue weighted by Gasteiger charge is -2.17. The summed E-state index contributed by atoms with van der Waals surface area (Å²) in [4.78, 5) is 23.7. The third kappa shape index (κ3) is 7.16. The smallest absolute Gasteiger partial charge is 0.261 e. The lowest BCUT2D eigenvalue weighted by Crippen LogP contribution is -2.19. The van der Waals surface area contributed by atoms with Gasteiger partial charge in [-0.1, -0.05) is 0 Å². The largest absolute Gasteiger partial charge is 0.493 e. The summed E-state index contributed by atoms with van der Waals surface area (Å²) in [5.41, 5.74) is 1.70. The Morgan fingerprint density at radius 1 is 0.950 bits per heavy atom. The van der Waals surface area contributed by atoms with Gasteiger partial charge in [-0.2, -0.15) is 0 Å². The molecule has 40 heavy (non-hydrogen) atoms. The SMILES string of the molecule is CCOc1ccncc1C(=O)Nc1cc(P)c(Oc2ccnc3cc(OCCCN(C)C)c(OC)cc23)cc1P. The maximum Gasteiger partial charge on any atom is 0.261 e. The molecule has 0 fully saturated rings. The van der Waals surface area contributed by atoms with E-state index in [4.69, 9.17) is 18.9 Å². The van der Waals surface area contributed by atoms with Gasteiger partial charge in [-0.15, -0.1) is 18.5 Å². The van der Waals surface area contributed by atoms with Crippen LogP contribution in [0.25, 0.3) is 10.9 Å². The number of hydrogen-bond donors (Lipinski definition) is 1. The predicted octanol–water partition coefficient (Wildman–Crippen LogP) is 4.41. The van der Waals surface area contributed by atoms with Gasteiger partial charge in [0.1, 0.15) is 17.2 Å². The van der Waals surface area contributed by atoms with Crippen LogP contribution in [0.4, 0.5) is 5.69 Å². The number of methoxy groups -OCH3 is 1. The Morgan fingerprint density at radius 3 is 2.50 bits per heavy atom. The highest BCUT2D eigenvalue weighted by molar-refractivity contribution is 7.29. The number of aromatic nitrogens is 2. The van der Waals surface area contributed by atoms with Crippen molar-refractivity contribution in [2.75, 3.05) is 46.3 Å². The van der Waals surface area contributed by atoms with E-state index in [0.717, 1.165) is 34.5 Å². The molecule has 0 spiro atoms. The maximum atomic E-state index is 13.0. The van der Waals surface area contributed by atoms with E-state index in [1.807, 2.05) is 45.3 Å². The summed E-state index contributed by atoms with van der Waals surface area (Å²) in [5.74, 6) is 2.63. The van der Waals surface area contributed by atoms with Crippen LogP contribution in [-0.2, 0) is 0 Å². The van der Waals surface area contributed by atoms with Gasteiger partial charge in [0.2, 0.25) is 0 Å². The lowest BCUT2D eigenvalue weighted by atomic mass is 10.1. The van der Waals surface area contributed by atoms with Crippen LogP contribution < -0.4 is 34.9 Å². The van der Waals surface area contributed by atoms with Gasteiger partial charge in [-0.25, -0.2) is 0 Å². The van der Waals surface area contributed by atoms with Crippen LogP contribution >= 0.6 is 18.5 Å². The van der Waals surface area contributed by atoms with Crippen LogP contribution in [0.3, 0.4) is 0 Å². The van der Waals surface area contributed by atoms with Gasteiger partial charge in [0, 0.05) is 47.6 Å². The second kappa shape index (κ2) is 13.7. The summed E-state index contributed by atoms with van der Waals surface area (Å²) >= 11 is 0. The summed E-state index contributed by atoms with van der Waals surface area (Å²) in [6.45, 7) is 3.81. The molecule has 0 aliphatic carbocycles. The topological polar surface area (TPSA) is 95.0 Å². The third-order valence-corrected chi connectivity index (χ3v) is 6.90. The molecule has 2 heterocycles. The monoisotopic (exact) mass is 580 g/mol. The highest BCUT2D eigenvalue weighted by atomic mass is 31.0. The fourth-order valence-electron chi connectivity index (χ4n) is 4.00. The van der Waals surface area contributed by atoms with Crippen molar-refractivity contribution in [2.45, 2.75) is 13.3 Å². The van der Waals surface area contributed by atoms with Crippen LogP contribution in [0, 0.1) is 0 Å². The van der Waals surface area contributed by atoms with E-state index < -0.39 is 0 Å². The number of carbonyl (C=O) groups excluding carboxylic acids is 1. The van der Waals surface area contributed by atoms with Gasteiger partial charge in [-0.05, 0) is 63.1 Å². The molecule has 0 radical (unpaired) electrons. The molecule has 0 bridgehead atoms. The van der Waals surface area contributed by atoms with Gasteiger partial charge in [0.25, 0.3) is 5.91 Å². The number of pyridine rings is 2. The summed E-state index contributed by atoms with van der Waals surface area (Å²) in [6, 6.07) is 10.9. The van der Waals surface area contributed by atoms with E-state index in [-0.39, 0.29) is 5.91 Å². The first-order valence-corrected chi connectivity index (χ1v) is 14.0. The van der Waals surface area contributed by atoms with E-state index in [0.29, 0.717) is 53.2 Å². The average molecular weight is 581 g/mol. The van der Waals surface area contributed by atoms with Gasteiger partial charge >= 0.3 is 0 Å². The fraction of sp³-hybridized carbons (Fsp3) is 0.276. The van der Waals surface area contributed by atoms with Crippen molar-refractivity contribution in [3.63, 3.8) is 0 Å². The molecular weight excluding hydrogens is 546 g/mol. The minimum atomic E-state index is -0.315. The quantitative estimate of drug-likeness (QED) is 0.195. The molecule has 0 saturated carbocycles. The van der Waals surface area contributed by atoms with Crippen molar-refractivity contribution < 1.29 is 23.7 Å². The van der Waals surface area contributed by atoms with E-state index in [1.165, 1.54) is 6.20 Å².